The molecule has 1 radical (unpaired) electrons. The fourth-order valence-corrected chi connectivity index (χ4v) is 4.33. The fourth-order valence-electron chi connectivity index (χ4n) is 4.33. The van der Waals surface area contributed by atoms with E-state index in [1.807, 2.05) is 18.2 Å². The van der Waals surface area contributed by atoms with E-state index in [1.54, 1.807) is 0 Å². The molecule has 33 heavy (non-hydrogen) atoms. The van der Waals surface area contributed by atoms with Gasteiger partial charge in [0.25, 0.3) is 0 Å². The van der Waals surface area contributed by atoms with Crippen LogP contribution in [0.1, 0.15) is 148 Å². The van der Waals surface area contributed by atoms with Crippen molar-refractivity contribution in [2.24, 2.45) is 0 Å². The monoisotopic (exact) mass is 459 g/mol. The summed E-state index contributed by atoms with van der Waals surface area (Å²) in [5, 5.41) is 0. The smallest absolute Gasteiger partial charge is 0.161 e. The highest BCUT2D eigenvalue weighted by Crippen LogP contribution is 2.29. The van der Waals surface area contributed by atoms with E-state index >= 15 is 0 Å². The van der Waals surface area contributed by atoms with E-state index in [4.69, 9.17) is 9.47 Å². The first kappa shape index (κ1) is 29.9. The van der Waals surface area contributed by atoms with Gasteiger partial charge in [-0.15, -0.1) is 0 Å². The highest BCUT2D eigenvalue weighted by Gasteiger charge is 2.06. The van der Waals surface area contributed by atoms with Crippen molar-refractivity contribution >= 4 is 0 Å². The van der Waals surface area contributed by atoms with Crippen molar-refractivity contribution in [3.63, 3.8) is 0 Å². The molecular formula is C31H55O2. The quantitative estimate of drug-likeness (QED) is 0.143. The molecule has 0 aliphatic rings. The van der Waals surface area contributed by atoms with Crippen LogP contribution in [-0.2, 0) is 0 Å². The molecule has 0 aliphatic heterocycles. The highest BCUT2D eigenvalue weighted by atomic mass is 16.5. The zero-order valence-corrected chi connectivity index (χ0v) is 22.3. The Morgan fingerprint density at radius 1 is 0.485 bits per heavy atom. The molecule has 0 heterocycles. The van der Waals surface area contributed by atoms with E-state index in [-0.39, 0.29) is 0 Å². The lowest BCUT2D eigenvalue weighted by Gasteiger charge is -2.13. The molecule has 0 aliphatic carbocycles. The maximum absolute atomic E-state index is 6.08. The number of hydrogen-bond acceptors (Lipinski definition) is 2. The Morgan fingerprint density at radius 3 is 1.27 bits per heavy atom. The molecule has 2 heteroatoms. The minimum Gasteiger partial charge on any atom is -0.490 e. The van der Waals surface area contributed by atoms with Crippen LogP contribution in [0, 0.1) is 6.92 Å². The summed E-state index contributed by atoms with van der Waals surface area (Å²) in [4.78, 5) is 0. The fraction of sp³-hybridized carbons (Fsp3) is 0.774. The van der Waals surface area contributed by atoms with Crippen molar-refractivity contribution in [3.05, 3.63) is 30.7 Å². The van der Waals surface area contributed by atoms with E-state index in [1.165, 1.54) is 116 Å². The molecular weight excluding hydrogens is 404 g/mol. The van der Waals surface area contributed by atoms with E-state index in [9.17, 15) is 0 Å². The molecule has 0 fully saturated rings. The van der Waals surface area contributed by atoms with Crippen molar-refractivity contribution in [2.45, 2.75) is 142 Å². The minimum absolute atomic E-state index is 0.772. The third kappa shape index (κ3) is 17.9. The summed E-state index contributed by atoms with van der Waals surface area (Å²) < 4.78 is 12.1. The number of ether oxygens (including phenoxy) is 2. The molecule has 0 spiro atoms. The van der Waals surface area contributed by atoms with Crippen LogP contribution >= 0.6 is 0 Å². The van der Waals surface area contributed by atoms with Gasteiger partial charge in [-0.25, -0.2) is 0 Å². The van der Waals surface area contributed by atoms with Crippen molar-refractivity contribution < 1.29 is 9.47 Å². The van der Waals surface area contributed by atoms with Gasteiger partial charge in [0, 0.05) is 0 Å². The summed E-state index contributed by atoms with van der Waals surface area (Å²) in [7, 11) is 0. The lowest BCUT2D eigenvalue weighted by atomic mass is 10.1. The van der Waals surface area contributed by atoms with E-state index in [0.717, 1.165) is 43.1 Å². The zero-order chi connectivity index (χ0) is 23.8. The standard InChI is InChI=1S/C31H55O2/c1-4-6-8-10-12-14-16-18-20-22-26-32-30-25-24-29(3)28-31(30)33-27-23-21-19-17-15-13-11-9-7-5-2/h24-25,28H,3-23,26-27H2,1-2H3. The molecule has 0 atom stereocenters. The Bertz CT molecular complexity index is 540. The predicted octanol–water partition coefficient (Wildman–Crippen LogP) is 10.5. The first-order valence-electron chi connectivity index (χ1n) is 14.5. The van der Waals surface area contributed by atoms with Crippen LogP contribution in [0.2, 0.25) is 0 Å². The second-order valence-electron chi connectivity index (χ2n) is 9.84. The summed E-state index contributed by atoms with van der Waals surface area (Å²) in [5.41, 5.74) is 0.986. The maximum Gasteiger partial charge on any atom is 0.161 e. The Kier molecular flexibility index (Phi) is 20.4. The van der Waals surface area contributed by atoms with Gasteiger partial charge in [-0.2, -0.15) is 0 Å². The number of unbranched alkanes of at least 4 members (excludes halogenated alkanes) is 18. The Morgan fingerprint density at radius 2 is 0.848 bits per heavy atom. The average Bonchev–Trinajstić information content (AvgIpc) is 2.82. The molecule has 0 amide bonds. The van der Waals surface area contributed by atoms with Crippen molar-refractivity contribution in [1.82, 2.24) is 0 Å². The van der Waals surface area contributed by atoms with Gasteiger partial charge in [-0.1, -0.05) is 135 Å². The molecule has 1 rings (SSSR count). The third-order valence-corrected chi connectivity index (χ3v) is 6.52. The summed E-state index contributed by atoms with van der Waals surface area (Å²) in [6.45, 7) is 10.2. The molecule has 0 saturated carbocycles. The molecule has 2 nitrogen and oxygen atoms in total. The molecule has 191 valence electrons. The lowest BCUT2D eigenvalue weighted by Crippen LogP contribution is -2.03. The van der Waals surface area contributed by atoms with Gasteiger partial charge in [0.15, 0.2) is 11.5 Å². The number of hydrogen-bond donors (Lipinski definition) is 0. The highest BCUT2D eigenvalue weighted by molar-refractivity contribution is 5.43. The zero-order valence-electron chi connectivity index (χ0n) is 22.3. The van der Waals surface area contributed by atoms with Gasteiger partial charge in [0.2, 0.25) is 0 Å². The molecule has 0 aromatic heterocycles. The maximum atomic E-state index is 6.08. The molecule has 0 unspecified atom stereocenters. The van der Waals surface area contributed by atoms with E-state index in [0.29, 0.717) is 0 Å². The summed E-state index contributed by atoms with van der Waals surface area (Å²) >= 11 is 0. The van der Waals surface area contributed by atoms with Crippen LogP contribution in [0.3, 0.4) is 0 Å². The van der Waals surface area contributed by atoms with Crippen molar-refractivity contribution in [3.8, 4) is 11.5 Å². The molecule has 0 N–H and O–H groups in total. The van der Waals surface area contributed by atoms with Gasteiger partial charge in [-0.3, -0.25) is 0 Å². The minimum atomic E-state index is 0.772. The second kappa shape index (κ2) is 22.6. The second-order valence-corrected chi connectivity index (χ2v) is 9.84. The van der Waals surface area contributed by atoms with Crippen LogP contribution in [-0.4, -0.2) is 13.2 Å². The first-order chi connectivity index (χ1) is 16.3. The summed E-state index contributed by atoms with van der Waals surface area (Å²) in [6, 6.07) is 6.05. The number of benzene rings is 1. The van der Waals surface area contributed by atoms with Crippen LogP contribution in [0.4, 0.5) is 0 Å². The van der Waals surface area contributed by atoms with Crippen LogP contribution in [0.25, 0.3) is 0 Å². The van der Waals surface area contributed by atoms with Gasteiger partial charge in [-0.05, 0) is 37.5 Å². The molecule has 1 aromatic rings. The summed E-state index contributed by atoms with van der Waals surface area (Å²) in [6.07, 6.45) is 26.9. The number of rotatable bonds is 24. The van der Waals surface area contributed by atoms with Gasteiger partial charge in [0.05, 0.1) is 13.2 Å². The molecule has 0 saturated heterocycles. The van der Waals surface area contributed by atoms with E-state index < -0.39 is 0 Å². The predicted molar refractivity (Wildman–Crippen MR) is 146 cm³/mol. The summed E-state index contributed by atoms with van der Waals surface area (Å²) in [5.74, 6) is 1.75. The molecule has 0 bridgehead atoms. The molecule has 1 aromatic carbocycles. The van der Waals surface area contributed by atoms with Gasteiger partial charge >= 0.3 is 0 Å². The van der Waals surface area contributed by atoms with Crippen molar-refractivity contribution in [2.75, 3.05) is 13.2 Å². The van der Waals surface area contributed by atoms with Crippen LogP contribution < -0.4 is 9.47 Å². The SMILES string of the molecule is [CH2]c1ccc(OCCCCCCCCCCCC)c(OCCCCCCCCCCCC)c1. The Hall–Kier alpha value is -1.18. The van der Waals surface area contributed by atoms with Crippen LogP contribution in [0.5, 0.6) is 11.5 Å². The van der Waals surface area contributed by atoms with Crippen LogP contribution in [0.15, 0.2) is 18.2 Å². The first-order valence-corrected chi connectivity index (χ1v) is 14.5. The Labute approximate surface area is 207 Å². The van der Waals surface area contributed by atoms with Crippen molar-refractivity contribution in [1.29, 1.82) is 0 Å². The topological polar surface area (TPSA) is 18.5 Å². The average molecular weight is 460 g/mol. The lowest BCUT2D eigenvalue weighted by molar-refractivity contribution is 0.258. The van der Waals surface area contributed by atoms with E-state index in [2.05, 4.69) is 20.8 Å². The van der Waals surface area contributed by atoms with Gasteiger partial charge < -0.3 is 9.47 Å². The van der Waals surface area contributed by atoms with Gasteiger partial charge in [0.1, 0.15) is 0 Å². The third-order valence-electron chi connectivity index (χ3n) is 6.52. The Balaban J connectivity index is 2.07. The normalized spacial score (nSPS) is 11.1. The largest absolute Gasteiger partial charge is 0.490 e.